The van der Waals surface area contributed by atoms with Crippen LogP contribution in [0.3, 0.4) is 0 Å². The molecule has 8 nitrogen and oxygen atoms in total. The third-order valence-electron chi connectivity index (χ3n) is 8.36. The SMILES string of the molecule is CCCCCCCCCCCCC/C=C/[C@@H](O)[C@H](COP(=O)(O)OCCN)NC(=O)CCCCCCCCCCCCCCC. The normalized spacial score (nSPS) is 14.5. The average molecular weight is 661 g/mol. The predicted molar refractivity (Wildman–Crippen MR) is 189 cm³/mol. The number of carbonyl (C=O) groups is 1. The van der Waals surface area contributed by atoms with Crippen LogP contribution in [0, 0.1) is 0 Å². The molecule has 0 aliphatic rings. The van der Waals surface area contributed by atoms with Gasteiger partial charge in [0.1, 0.15) is 0 Å². The Hall–Kier alpha value is -0.760. The van der Waals surface area contributed by atoms with Crippen LogP contribution in [0.4, 0.5) is 0 Å². The molecule has 1 amide bonds. The van der Waals surface area contributed by atoms with E-state index in [0.717, 1.165) is 38.5 Å². The Morgan fingerprint density at radius 1 is 0.711 bits per heavy atom. The van der Waals surface area contributed by atoms with E-state index in [1.54, 1.807) is 6.08 Å². The summed E-state index contributed by atoms with van der Waals surface area (Å²) in [4.78, 5) is 22.6. The van der Waals surface area contributed by atoms with Crippen LogP contribution in [-0.2, 0) is 18.4 Å². The average Bonchev–Trinajstić information content (AvgIpc) is 3.02. The van der Waals surface area contributed by atoms with Gasteiger partial charge in [0.2, 0.25) is 5.91 Å². The van der Waals surface area contributed by atoms with Crippen molar-refractivity contribution in [2.45, 2.75) is 193 Å². The molecular formula is C36H73N2O6P. The smallest absolute Gasteiger partial charge is 0.387 e. The number of carbonyl (C=O) groups excluding carboxylic acids is 1. The van der Waals surface area contributed by atoms with Gasteiger partial charge in [-0.15, -0.1) is 0 Å². The standard InChI is InChI=1S/C36H73N2O6P/c1-3-5-7-9-11-13-15-17-19-21-23-25-27-29-35(39)34(33-44-45(41,42)43-32-31-37)38-36(40)30-28-26-24-22-20-18-16-14-12-10-8-6-4-2/h27,29,34-35,39H,3-26,28,30-33,37H2,1-2H3,(H,38,40)(H,41,42)/b29-27+/t34-,35+/m0/s1. The molecule has 0 aliphatic carbocycles. The van der Waals surface area contributed by atoms with E-state index >= 15 is 0 Å². The van der Waals surface area contributed by atoms with Crippen LogP contribution >= 0.6 is 7.82 Å². The molecule has 0 bridgehead atoms. The van der Waals surface area contributed by atoms with Gasteiger partial charge >= 0.3 is 7.82 Å². The van der Waals surface area contributed by atoms with E-state index in [9.17, 15) is 19.4 Å². The van der Waals surface area contributed by atoms with Crippen molar-refractivity contribution in [1.82, 2.24) is 5.32 Å². The Morgan fingerprint density at radius 3 is 1.58 bits per heavy atom. The van der Waals surface area contributed by atoms with Crippen molar-refractivity contribution in [3.8, 4) is 0 Å². The van der Waals surface area contributed by atoms with Crippen LogP contribution in [0.5, 0.6) is 0 Å². The topological polar surface area (TPSA) is 131 Å². The van der Waals surface area contributed by atoms with E-state index < -0.39 is 20.0 Å². The number of aliphatic hydroxyl groups is 1. The number of nitrogens with two attached hydrogens (primary N) is 1. The minimum atomic E-state index is -4.32. The van der Waals surface area contributed by atoms with Gasteiger partial charge in [-0.25, -0.2) is 4.57 Å². The molecule has 5 N–H and O–H groups in total. The zero-order valence-electron chi connectivity index (χ0n) is 29.4. The lowest BCUT2D eigenvalue weighted by Gasteiger charge is -2.23. The largest absolute Gasteiger partial charge is 0.472 e. The van der Waals surface area contributed by atoms with Crippen molar-refractivity contribution in [3.05, 3.63) is 12.2 Å². The first kappa shape index (κ1) is 44.2. The molecule has 0 spiro atoms. The molecule has 0 saturated carbocycles. The lowest BCUT2D eigenvalue weighted by molar-refractivity contribution is -0.123. The highest BCUT2D eigenvalue weighted by atomic mass is 31.2. The van der Waals surface area contributed by atoms with E-state index in [1.807, 2.05) is 6.08 Å². The maximum atomic E-state index is 12.7. The predicted octanol–water partition coefficient (Wildman–Crippen LogP) is 9.66. The fourth-order valence-electron chi connectivity index (χ4n) is 5.48. The van der Waals surface area contributed by atoms with Gasteiger partial charge < -0.3 is 21.1 Å². The lowest BCUT2D eigenvalue weighted by atomic mass is 10.0. The van der Waals surface area contributed by atoms with Gasteiger partial charge in [-0.3, -0.25) is 13.8 Å². The van der Waals surface area contributed by atoms with E-state index in [4.69, 9.17) is 14.8 Å². The summed E-state index contributed by atoms with van der Waals surface area (Å²) in [5.74, 6) is -0.194. The summed E-state index contributed by atoms with van der Waals surface area (Å²) in [5.41, 5.74) is 5.35. The maximum absolute atomic E-state index is 12.7. The number of amides is 1. The summed E-state index contributed by atoms with van der Waals surface area (Å²) in [5, 5.41) is 13.6. The summed E-state index contributed by atoms with van der Waals surface area (Å²) in [6.07, 6.45) is 33.9. The van der Waals surface area contributed by atoms with E-state index in [1.165, 1.54) is 122 Å². The Bertz CT molecular complexity index is 724. The van der Waals surface area contributed by atoms with Crippen molar-refractivity contribution < 1.29 is 28.4 Å². The molecule has 268 valence electrons. The van der Waals surface area contributed by atoms with Crippen molar-refractivity contribution in [2.75, 3.05) is 19.8 Å². The minimum Gasteiger partial charge on any atom is -0.387 e. The molecule has 9 heteroatoms. The molecular weight excluding hydrogens is 587 g/mol. The molecule has 0 rings (SSSR count). The van der Waals surface area contributed by atoms with Gasteiger partial charge in [0, 0.05) is 13.0 Å². The molecule has 1 unspecified atom stereocenters. The van der Waals surface area contributed by atoms with E-state index in [2.05, 4.69) is 19.2 Å². The monoisotopic (exact) mass is 661 g/mol. The number of phosphoric ester groups is 1. The number of aliphatic hydroxyl groups excluding tert-OH is 1. The molecule has 3 atom stereocenters. The Balaban J connectivity index is 4.31. The summed E-state index contributed by atoms with van der Waals surface area (Å²) in [7, 11) is -4.32. The fraction of sp³-hybridized carbons (Fsp3) is 0.917. The zero-order valence-corrected chi connectivity index (χ0v) is 30.3. The number of nitrogens with one attached hydrogen (secondary N) is 1. The second kappa shape index (κ2) is 33.2. The minimum absolute atomic E-state index is 0.0810. The first-order chi connectivity index (χ1) is 21.9. The van der Waals surface area contributed by atoms with Gasteiger partial charge in [0.05, 0.1) is 25.4 Å². The first-order valence-corrected chi connectivity index (χ1v) is 20.3. The highest BCUT2D eigenvalue weighted by molar-refractivity contribution is 7.47. The molecule has 0 aromatic carbocycles. The van der Waals surface area contributed by atoms with E-state index in [-0.39, 0.29) is 25.7 Å². The molecule has 0 aromatic rings. The second-order valence-corrected chi connectivity index (χ2v) is 14.2. The zero-order chi connectivity index (χ0) is 33.3. The third-order valence-corrected chi connectivity index (χ3v) is 9.35. The quantitative estimate of drug-likeness (QED) is 0.0302. The second-order valence-electron chi connectivity index (χ2n) is 12.8. The van der Waals surface area contributed by atoms with Gasteiger partial charge in [-0.1, -0.05) is 167 Å². The van der Waals surface area contributed by atoms with Gasteiger partial charge in [0.25, 0.3) is 0 Å². The summed E-state index contributed by atoms with van der Waals surface area (Å²) >= 11 is 0. The Kier molecular flexibility index (Phi) is 32.6. The molecule has 0 radical (unpaired) electrons. The third kappa shape index (κ3) is 31.6. The maximum Gasteiger partial charge on any atom is 0.472 e. The number of unbranched alkanes of at least 4 members (excludes halogenated alkanes) is 23. The van der Waals surface area contributed by atoms with Crippen LogP contribution in [0.15, 0.2) is 12.2 Å². The first-order valence-electron chi connectivity index (χ1n) is 18.8. The fourth-order valence-corrected chi connectivity index (χ4v) is 6.24. The van der Waals surface area contributed by atoms with Crippen LogP contribution in [0.1, 0.15) is 181 Å². The van der Waals surface area contributed by atoms with Gasteiger partial charge in [0.15, 0.2) is 0 Å². The van der Waals surface area contributed by atoms with Gasteiger partial charge in [-0.2, -0.15) is 0 Å². The van der Waals surface area contributed by atoms with Gasteiger partial charge in [-0.05, 0) is 19.3 Å². The van der Waals surface area contributed by atoms with Crippen LogP contribution in [0.25, 0.3) is 0 Å². The summed E-state index contributed by atoms with van der Waals surface area (Å²) in [6, 6.07) is -0.852. The number of rotatable bonds is 35. The van der Waals surface area contributed by atoms with Crippen molar-refractivity contribution >= 4 is 13.7 Å². The summed E-state index contributed by atoms with van der Waals surface area (Å²) < 4.78 is 22.0. The van der Waals surface area contributed by atoms with E-state index in [0.29, 0.717) is 6.42 Å². The van der Waals surface area contributed by atoms with Crippen LogP contribution in [0.2, 0.25) is 0 Å². The number of hydrogen-bond donors (Lipinski definition) is 4. The molecule has 0 saturated heterocycles. The van der Waals surface area contributed by atoms with Crippen molar-refractivity contribution in [3.63, 3.8) is 0 Å². The van der Waals surface area contributed by atoms with Crippen molar-refractivity contribution in [1.29, 1.82) is 0 Å². The van der Waals surface area contributed by atoms with Crippen molar-refractivity contribution in [2.24, 2.45) is 5.73 Å². The molecule has 0 aliphatic heterocycles. The highest BCUT2D eigenvalue weighted by Gasteiger charge is 2.26. The number of phosphoric acid groups is 1. The molecule has 45 heavy (non-hydrogen) atoms. The number of allylic oxidation sites excluding steroid dienone is 1. The summed E-state index contributed by atoms with van der Waals surface area (Å²) in [6.45, 7) is 4.12. The number of hydrogen-bond acceptors (Lipinski definition) is 6. The highest BCUT2D eigenvalue weighted by Crippen LogP contribution is 2.43. The lowest BCUT2D eigenvalue weighted by Crippen LogP contribution is -2.45. The Labute approximate surface area is 277 Å². The molecule has 0 fully saturated rings. The Morgan fingerprint density at radius 2 is 1.13 bits per heavy atom. The molecule has 0 heterocycles. The van der Waals surface area contributed by atoms with Crippen LogP contribution in [-0.4, -0.2) is 47.8 Å². The molecule has 0 aromatic heterocycles. The van der Waals surface area contributed by atoms with Crippen LogP contribution < -0.4 is 11.1 Å².